The number of alkyl halides is 3. The number of nitrogens with zero attached hydrogens (tertiary/aromatic N) is 2. The smallest absolute Gasteiger partial charge is 0.299 e. The van der Waals surface area contributed by atoms with Gasteiger partial charge in [-0.05, 0) is 30.5 Å². The second-order valence-electron chi connectivity index (χ2n) is 4.67. The van der Waals surface area contributed by atoms with Crippen molar-refractivity contribution in [2.75, 3.05) is 0 Å². The predicted molar refractivity (Wildman–Crippen MR) is 76.6 cm³/mol. The summed E-state index contributed by atoms with van der Waals surface area (Å²) in [4.78, 5) is 3.77. The van der Waals surface area contributed by atoms with Gasteiger partial charge in [0.15, 0.2) is 5.69 Å². The largest absolute Gasteiger partial charge is 0.434 e. The number of halogens is 3. The first-order valence-electron chi connectivity index (χ1n) is 6.21. The van der Waals surface area contributed by atoms with Crippen LogP contribution in [-0.2, 0) is 6.18 Å². The average molecular weight is 308 g/mol. The van der Waals surface area contributed by atoms with Crippen molar-refractivity contribution in [1.29, 1.82) is 0 Å². The number of aromatic nitrogens is 2. The summed E-state index contributed by atoms with van der Waals surface area (Å²) < 4.78 is 40.3. The summed E-state index contributed by atoms with van der Waals surface area (Å²) in [6.45, 7) is 1.93. The highest BCUT2D eigenvalue weighted by molar-refractivity contribution is 7.08. The lowest BCUT2D eigenvalue weighted by Crippen LogP contribution is -2.04. The topological polar surface area (TPSA) is 17.8 Å². The van der Waals surface area contributed by atoms with Gasteiger partial charge in [0.1, 0.15) is 5.82 Å². The highest BCUT2D eigenvalue weighted by atomic mass is 32.1. The minimum Gasteiger partial charge on any atom is -0.299 e. The minimum absolute atomic E-state index is 0.299. The zero-order valence-electron chi connectivity index (χ0n) is 11.1. The molecule has 0 bridgehead atoms. The molecule has 0 aliphatic rings. The van der Waals surface area contributed by atoms with Crippen LogP contribution in [-0.4, -0.2) is 9.55 Å². The maximum Gasteiger partial charge on any atom is 0.434 e. The molecule has 0 saturated heterocycles. The van der Waals surface area contributed by atoms with Gasteiger partial charge in [0, 0.05) is 22.8 Å². The highest BCUT2D eigenvalue weighted by Gasteiger charge is 2.35. The molecule has 2 nitrogen and oxygen atoms in total. The molecule has 3 aromatic rings. The maximum absolute atomic E-state index is 12.9. The fourth-order valence-corrected chi connectivity index (χ4v) is 2.65. The Kier molecular flexibility index (Phi) is 3.33. The zero-order chi connectivity index (χ0) is 15.0. The van der Waals surface area contributed by atoms with E-state index in [2.05, 4.69) is 4.98 Å². The van der Waals surface area contributed by atoms with Crippen molar-refractivity contribution in [1.82, 2.24) is 9.55 Å². The Morgan fingerprint density at radius 2 is 1.81 bits per heavy atom. The lowest BCUT2D eigenvalue weighted by Gasteiger charge is -2.06. The van der Waals surface area contributed by atoms with E-state index in [0.29, 0.717) is 17.1 Å². The van der Waals surface area contributed by atoms with Gasteiger partial charge in [0.05, 0.1) is 0 Å². The third-order valence-electron chi connectivity index (χ3n) is 3.09. The number of hydrogen-bond donors (Lipinski definition) is 0. The van der Waals surface area contributed by atoms with Crippen LogP contribution in [0, 0.1) is 6.92 Å². The quantitative estimate of drug-likeness (QED) is 0.656. The Balaban J connectivity index is 2.18. The van der Waals surface area contributed by atoms with Crippen molar-refractivity contribution >= 4 is 11.3 Å². The fourth-order valence-electron chi connectivity index (χ4n) is 2.01. The van der Waals surface area contributed by atoms with Crippen molar-refractivity contribution in [3.8, 4) is 17.1 Å². The van der Waals surface area contributed by atoms with Gasteiger partial charge in [-0.15, -0.1) is 0 Å². The molecule has 3 rings (SSSR count). The van der Waals surface area contributed by atoms with Crippen LogP contribution in [0.2, 0.25) is 0 Å². The van der Waals surface area contributed by atoms with Crippen LogP contribution in [0.4, 0.5) is 13.2 Å². The average Bonchev–Trinajstić information content (AvgIpc) is 3.07. The summed E-state index contributed by atoms with van der Waals surface area (Å²) in [5.74, 6) is 0.299. The van der Waals surface area contributed by atoms with E-state index in [9.17, 15) is 13.2 Å². The summed E-state index contributed by atoms with van der Waals surface area (Å²) >= 11 is 1.42. The molecule has 6 heteroatoms. The molecular formula is C15H11F3N2S. The van der Waals surface area contributed by atoms with Gasteiger partial charge in [0.25, 0.3) is 0 Å². The molecule has 21 heavy (non-hydrogen) atoms. The summed E-state index contributed by atoms with van der Waals surface area (Å²) in [5.41, 5.74) is 1.50. The number of hydrogen-bond acceptors (Lipinski definition) is 2. The first-order chi connectivity index (χ1) is 9.95. The van der Waals surface area contributed by atoms with E-state index in [1.807, 2.05) is 24.4 Å². The summed E-state index contributed by atoms with van der Waals surface area (Å²) in [5, 5.41) is 3.60. The molecule has 1 aromatic carbocycles. The van der Waals surface area contributed by atoms with Crippen LogP contribution in [0.25, 0.3) is 17.1 Å². The van der Waals surface area contributed by atoms with Crippen molar-refractivity contribution < 1.29 is 13.2 Å². The molecule has 0 aliphatic carbocycles. The van der Waals surface area contributed by atoms with Gasteiger partial charge in [-0.1, -0.05) is 17.7 Å². The third kappa shape index (κ3) is 2.71. The molecular weight excluding hydrogens is 297 g/mol. The lowest BCUT2D eigenvalue weighted by molar-refractivity contribution is -0.140. The van der Waals surface area contributed by atoms with Crippen LogP contribution in [0.1, 0.15) is 11.3 Å². The molecule has 2 heterocycles. The first-order valence-corrected chi connectivity index (χ1v) is 7.15. The molecule has 0 spiro atoms. The van der Waals surface area contributed by atoms with Crippen LogP contribution in [0.15, 0.2) is 47.3 Å². The summed E-state index contributed by atoms with van der Waals surface area (Å²) in [7, 11) is 0. The second kappa shape index (κ2) is 5.04. The molecule has 2 aromatic heterocycles. The molecule has 108 valence electrons. The minimum atomic E-state index is -4.46. The lowest BCUT2D eigenvalue weighted by atomic mass is 10.2. The molecule has 0 saturated carbocycles. The number of aryl methyl sites for hydroxylation is 1. The fraction of sp³-hybridized carbons (Fsp3) is 0.133. The Hall–Kier alpha value is -2.08. The van der Waals surface area contributed by atoms with E-state index >= 15 is 0 Å². The Labute approximate surface area is 123 Å². The summed E-state index contributed by atoms with van der Waals surface area (Å²) in [6.07, 6.45) is -3.42. The zero-order valence-corrected chi connectivity index (χ0v) is 11.9. The van der Waals surface area contributed by atoms with Gasteiger partial charge in [0.2, 0.25) is 0 Å². The normalized spacial score (nSPS) is 11.8. The Morgan fingerprint density at radius 1 is 1.10 bits per heavy atom. The van der Waals surface area contributed by atoms with Gasteiger partial charge >= 0.3 is 6.18 Å². The molecule has 0 radical (unpaired) electrons. The number of imidazole rings is 1. The summed E-state index contributed by atoms with van der Waals surface area (Å²) in [6, 6.07) is 9.05. The van der Waals surface area contributed by atoms with Crippen LogP contribution in [0.5, 0.6) is 0 Å². The van der Waals surface area contributed by atoms with Crippen molar-refractivity contribution in [3.63, 3.8) is 0 Å². The van der Waals surface area contributed by atoms with Gasteiger partial charge < -0.3 is 0 Å². The van der Waals surface area contributed by atoms with Crippen molar-refractivity contribution in [3.05, 3.63) is 58.5 Å². The van der Waals surface area contributed by atoms with Gasteiger partial charge in [-0.2, -0.15) is 24.5 Å². The molecule has 0 unspecified atom stereocenters. The number of benzene rings is 1. The van der Waals surface area contributed by atoms with Gasteiger partial charge in [-0.25, -0.2) is 4.98 Å². The van der Waals surface area contributed by atoms with Crippen LogP contribution >= 0.6 is 11.3 Å². The van der Waals surface area contributed by atoms with E-state index < -0.39 is 11.9 Å². The van der Waals surface area contributed by atoms with Gasteiger partial charge in [-0.3, -0.25) is 4.57 Å². The van der Waals surface area contributed by atoms with Crippen molar-refractivity contribution in [2.45, 2.75) is 13.1 Å². The second-order valence-corrected chi connectivity index (χ2v) is 5.45. The Morgan fingerprint density at radius 3 is 2.38 bits per heavy atom. The number of rotatable bonds is 2. The predicted octanol–water partition coefficient (Wildman–Crippen LogP) is 4.93. The van der Waals surface area contributed by atoms with E-state index in [1.54, 1.807) is 23.6 Å². The molecule has 0 amide bonds. The highest BCUT2D eigenvalue weighted by Crippen LogP contribution is 2.33. The van der Waals surface area contributed by atoms with E-state index in [0.717, 1.165) is 11.8 Å². The standard InChI is InChI=1S/C15H11F3N2S/c1-10-2-4-12(5-3-10)20-8-13(15(16,17)18)19-14(20)11-6-7-21-9-11/h2-9H,1H3. The SMILES string of the molecule is Cc1ccc(-n2cc(C(F)(F)F)nc2-c2ccsc2)cc1. The molecule has 0 aliphatic heterocycles. The maximum atomic E-state index is 12.9. The van der Waals surface area contributed by atoms with E-state index in [-0.39, 0.29) is 0 Å². The van der Waals surface area contributed by atoms with Crippen molar-refractivity contribution in [2.24, 2.45) is 0 Å². The monoisotopic (exact) mass is 308 g/mol. The number of thiophene rings is 1. The molecule has 0 N–H and O–H groups in total. The Bertz CT molecular complexity index is 740. The van der Waals surface area contributed by atoms with Crippen LogP contribution in [0.3, 0.4) is 0 Å². The third-order valence-corrected chi connectivity index (χ3v) is 3.77. The van der Waals surface area contributed by atoms with E-state index in [4.69, 9.17) is 0 Å². The molecule has 0 fully saturated rings. The van der Waals surface area contributed by atoms with E-state index in [1.165, 1.54) is 15.9 Å². The first kappa shape index (κ1) is 13.9. The van der Waals surface area contributed by atoms with Crippen LogP contribution < -0.4 is 0 Å². The molecule has 0 atom stereocenters.